The third-order valence-electron chi connectivity index (χ3n) is 4.01. The third kappa shape index (κ3) is 6.44. The van der Waals surface area contributed by atoms with Crippen LogP contribution in [0.4, 0.5) is 5.69 Å². The molecule has 6 heteroatoms. The third-order valence-corrected chi connectivity index (χ3v) is 4.01. The molecule has 0 saturated heterocycles. The van der Waals surface area contributed by atoms with Gasteiger partial charge in [0.05, 0.1) is 13.2 Å². The zero-order chi connectivity index (χ0) is 21.2. The highest BCUT2D eigenvalue weighted by molar-refractivity contribution is 5.91. The van der Waals surface area contributed by atoms with Gasteiger partial charge >= 0.3 is 0 Å². The fraction of sp³-hybridized carbons (Fsp3) is 0.208. The molecule has 0 atom stereocenters. The molecule has 156 valence electrons. The van der Waals surface area contributed by atoms with Crippen molar-refractivity contribution in [2.24, 2.45) is 0 Å². The zero-order valence-electron chi connectivity index (χ0n) is 17.1. The second-order valence-electron chi connectivity index (χ2n) is 6.27. The van der Waals surface area contributed by atoms with E-state index in [0.29, 0.717) is 36.1 Å². The van der Waals surface area contributed by atoms with Crippen molar-refractivity contribution in [1.82, 2.24) is 0 Å². The predicted molar refractivity (Wildman–Crippen MR) is 116 cm³/mol. The summed E-state index contributed by atoms with van der Waals surface area (Å²) in [4.78, 5) is 12.1. The summed E-state index contributed by atoms with van der Waals surface area (Å²) < 4.78 is 22.1. The smallest absolute Gasteiger partial charge is 0.262 e. The number of ether oxygens (including phenoxy) is 4. The van der Waals surface area contributed by atoms with E-state index < -0.39 is 0 Å². The van der Waals surface area contributed by atoms with Crippen LogP contribution < -0.4 is 24.3 Å². The fourth-order valence-corrected chi connectivity index (χ4v) is 2.66. The monoisotopic (exact) mass is 407 g/mol. The summed E-state index contributed by atoms with van der Waals surface area (Å²) >= 11 is 0. The Kier molecular flexibility index (Phi) is 7.55. The fourth-order valence-electron chi connectivity index (χ4n) is 2.66. The molecule has 0 aromatic heterocycles. The van der Waals surface area contributed by atoms with Crippen LogP contribution in [0.3, 0.4) is 0 Å². The second kappa shape index (κ2) is 10.8. The van der Waals surface area contributed by atoms with E-state index in [2.05, 4.69) is 5.32 Å². The van der Waals surface area contributed by atoms with E-state index >= 15 is 0 Å². The summed E-state index contributed by atoms with van der Waals surface area (Å²) in [5, 5.41) is 2.80. The van der Waals surface area contributed by atoms with Gasteiger partial charge in [0.25, 0.3) is 5.91 Å². The molecule has 1 N–H and O–H groups in total. The minimum Gasteiger partial charge on any atom is -0.494 e. The maximum Gasteiger partial charge on any atom is 0.262 e. The Morgan fingerprint density at radius 2 is 1.03 bits per heavy atom. The number of nitrogens with one attached hydrogen (secondary N) is 1. The highest BCUT2D eigenvalue weighted by atomic mass is 16.5. The average Bonchev–Trinajstić information content (AvgIpc) is 2.76. The molecule has 0 aliphatic heterocycles. The van der Waals surface area contributed by atoms with Gasteiger partial charge in [-0.3, -0.25) is 4.79 Å². The van der Waals surface area contributed by atoms with E-state index in [4.69, 9.17) is 18.9 Å². The number of carbonyl (C=O) groups is 1. The Hall–Kier alpha value is -3.67. The Bertz CT molecular complexity index is 921. The van der Waals surface area contributed by atoms with Gasteiger partial charge in [-0.2, -0.15) is 0 Å². The van der Waals surface area contributed by atoms with E-state index in [1.165, 1.54) is 0 Å². The summed E-state index contributed by atoms with van der Waals surface area (Å²) in [5.41, 5.74) is 0.661. The number of hydrogen-bond acceptors (Lipinski definition) is 5. The average molecular weight is 407 g/mol. The van der Waals surface area contributed by atoms with E-state index in [9.17, 15) is 4.79 Å². The Balaban J connectivity index is 1.46. The normalized spacial score (nSPS) is 10.2. The minimum atomic E-state index is -0.246. The molecule has 0 heterocycles. The number of carbonyl (C=O) groups excluding carboxylic acids is 1. The highest BCUT2D eigenvalue weighted by Gasteiger charge is 2.05. The van der Waals surface area contributed by atoms with Crippen molar-refractivity contribution < 1.29 is 23.7 Å². The molecular formula is C24H25NO5. The zero-order valence-corrected chi connectivity index (χ0v) is 17.1. The molecule has 0 bridgehead atoms. The van der Waals surface area contributed by atoms with Crippen LogP contribution in [0.15, 0.2) is 72.8 Å². The van der Waals surface area contributed by atoms with Crippen LogP contribution in [0.2, 0.25) is 0 Å². The van der Waals surface area contributed by atoms with Crippen LogP contribution in [-0.4, -0.2) is 25.7 Å². The van der Waals surface area contributed by atoms with Crippen LogP contribution in [0.1, 0.15) is 13.8 Å². The van der Waals surface area contributed by atoms with Crippen LogP contribution >= 0.6 is 0 Å². The first-order valence-corrected chi connectivity index (χ1v) is 9.82. The van der Waals surface area contributed by atoms with Crippen LogP contribution in [-0.2, 0) is 4.79 Å². The van der Waals surface area contributed by atoms with Gasteiger partial charge in [0.15, 0.2) is 6.61 Å². The van der Waals surface area contributed by atoms with Gasteiger partial charge in [-0.25, -0.2) is 0 Å². The van der Waals surface area contributed by atoms with Crippen LogP contribution in [0, 0.1) is 0 Å². The summed E-state index contributed by atoms with van der Waals surface area (Å²) in [6.45, 7) is 5.01. The molecule has 3 aromatic carbocycles. The number of rotatable bonds is 10. The van der Waals surface area contributed by atoms with Crippen LogP contribution in [0.25, 0.3) is 0 Å². The first-order chi connectivity index (χ1) is 14.7. The lowest BCUT2D eigenvalue weighted by atomic mass is 10.3. The van der Waals surface area contributed by atoms with Crippen molar-refractivity contribution in [1.29, 1.82) is 0 Å². The number of anilines is 1. The van der Waals surface area contributed by atoms with E-state index in [1.54, 1.807) is 48.5 Å². The maximum atomic E-state index is 12.1. The van der Waals surface area contributed by atoms with Gasteiger partial charge in [-0.05, 0) is 86.6 Å². The van der Waals surface area contributed by atoms with Crippen molar-refractivity contribution in [3.05, 3.63) is 72.8 Å². The molecule has 0 unspecified atom stereocenters. The Labute approximate surface area is 176 Å². The van der Waals surface area contributed by atoms with Crippen molar-refractivity contribution in [3.63, 3.8) is 0 Å². The van der Waals surface area contributed by atoms with Gasteiger partial charge in [0.1, 0.15) is 28.7 Å². The summed E-state index contributed by atoms with van der Waals surface area (Å²) in [6, 6.07) is 21.7. The van der Waals surface area contributed by atoms with Crippen LogP contribution in [0.5, 0.6) is 28.7 Å². The van der Waals surface area contributed by atoms with Gasteiger partial charge in [0, 0.05) is 5.69 Å². The lowest BCUT2D eigenvalue weighted by Gasteiger charge is -2.10. The molecule has 0 saturated carbocycles. The molecule has 3 rings (SSSR count). The van der Waals surface area contributed by atoms with E-state index in [0.717, 1.165) is 11.5 Å². The lowest BCUT2D eigenvalue weighted by molar-refractivity contribution is -0.118. The molecule has 0 aliphatic carbocycles. The molecule has 1 amide bonds. The molecule has 0 radical (unpaired) electrons. The standard InChI is InChI=1S/C24H25NO5/c1-3-27-19-9-11-21(12-10-19)29-17-24(26)25-18-5-7-22(8-6-18)30-23-15-13-20(14-16-23)28-4-2/h5-16H,3-4,17H2,1-2H3,(H,25,26). The number of hydrogen-bond donors (Lipinski definition) is 1. The summed E-state index contributed by atoms with van der Waals surface area (Å²) in [5.74, 6) is 3.30. The van der Waals surface area contributed by atoms with Gasteiger partial charge in [-0.1, -0.05) is 0 Å². The molecule has 0 spiro atoms. The largest absolute Gasteiger partial charge is 0.494 e. The molecule has 30 heavy (non-hydrogen) atoms. The van der Waals surface area contributed by atoms with Crippen molar-refractivity contribution >= 4 is 11.6 Å². The maximum absolute atomic E-state index is 12.1. The van der Waals surface area contributed by atoms with Crippen molar-refractivity contribution in [3.8, 4) is 28.7 Å². The molecule has 6 nitrogen and oxygen atoms in total. The van der Waals surface area contributed by atoms with Crippen molar-refractivity contribution in [2.45, 2.75) is 13.8 Å². The minimum absolute atomic E-state index is 0.0849. The van der Waals surface area contributed by atoms with E-state index in [1.807, 2.05) is 38.1 Å². The molecular weight excluding hydrogens is 382 g/mol. The SMILES string of the molecule is CCOc1ccc(OCC(=O)Nc2ccc(Oc3ccc(OCC)cc3)cc2)cc1. The summed E-state index contributed by atoms with van der Waals surface area (Å²) in [6.07, 6.45) is 0. The topological polar surface area (TPSA) is 66.0 Å². The molecule has 0 aliphatic rings. The Morgan fingerprint density at radius 1 is 0.633 bits per heavy atom. The quantitative estimate of drug-likeness (QED) is 0.494. The van der Waals surface area contributed by atoms with Gasteiger partial charge in [-0.15, -0.1) is 0 Å². The first kappa shape index (κ1) is 21.0. The second-order valence-corrected chi connectivity index (χ2v) is 6.27. The molecule has 0 fully saturated rings. The van der Waals surface area contributed by atoms with E-state index in [-0.39, 0.29) is 12.5 Å². The lowest BCUT2D eigenvalue weighted by Crippen LogP contribution is -2.20. The molecule has 3 aromatic rings. The highest BCUT2D eigenvalue weighted by Crippen LogP contribution is 2.25. The van der Waals surface area contributed by atoms with Crippen molar-refractivity contribution in [2.75, 3.05) is 25.1 Å². The summed E-state index contributed by atoms with van der Waals surface area (Å²) in [7, 11) is 0. The predicted octanol–water partition coefficient (Wildman–Crippen LogP) is 5.29. The number of benzene rings is 3. The number of amides is 1. The first-order valence-electron chi connectivity index (χ1n) is 9.82. The Morgan fingerprint density at radius 3 is 1.50 bits per heavy atom. The van der Waals surface area contributed by atoms with Gasteiger partial charge < -0.3 is 24.3 Å². The van der Waals surface area contributed by atoms with Gasteiger partial charge in [0.2, 0.25) is 0 Å².